The summed E-state index contributed by atoms with van der Waals surface area (Å²) in [5.74, 6) is -0.169. The molecule has 0 saturated heterocycles. The molecule has 4 aromatic rings. The molecular formula is C27H26N2O2. The highest BCUT2D eigenvalue weighted by Gasteiger charge is 2.19. The van der Waals surface area contributed by atoms with Crippen molar-refractivity contribution in [3.05, 3.63) is 102 Å². The molecule has 1 heterocycles. The van der Waals surface area contributed by atoms with Crippen LogP contribution in [0.15, 0.2) is 91.0 Å². The Bertz CT molecular complexity index is 1160. The third kappa shape index (κ3) is 5.16. The van der Waals surface area contributed by atoms with Gasteiger partial charge in [0.1, 0.15) is 6.23 Å². The van der Waals surface area contributed by atoms with E-state index in [0.717, 1.165) is 27.7 Å². The SMILES string of the molecule is CC(C)OC(Cc1ccccc1)NC(=O)c1cc(-c2ccccc2)nc2ccccc12. The van der Waals surface area contributed by atoms with Gasteiger partial charge < -0.3 is 10.1 Å². The topological polar surface area (TPSA) is 51.2 Å². The number of rotatable bonds is 7. The van der Waals surface area contributed by atoms with Crippen LogP contribution in [0.25, 0.3) is 22.2 Å². The fourth-order valence-electron chi connectivity index (χ4n) is 3.63. The van der Waals surface area contributed by atoms with E-state index in [1.165, 1.54) is 0 Å². The van der Waals surface area contributed by atoms with Gasteiger partial charge in [-0.2, -0.15) is 0 Å². The highest BCUT2D eigenvalue weighted by Crippen LogP contribution is 2.25. The standard InChI is InChI=1S/C27H26N2O2/c1-19(2)31-26(17-20-11-5-3-6-12-20)29-27(30)23-18-25(21-13-7-4-8-14-21)28-24-16-10-9-15-22(23)24/h3-16,18-19,26H,17H2,1-2H3,(H,29,30). The van der Waals surface area contributed by atoms with E-state index in [9.17, 15) is 4.79 Å². The largest absolute Gasteiger partial charge is 0.355 e. The van der Waals surface area contributed by atoms with Crippen molar-refractivity contribution in [3.8, 4) is 11.3 Å². The summed E-state index contributed by atoms with van der Waals surface area (Å²) in [5, 5.41) is 3.92. The van der Waals surface area contributed by atoms with E-state index in [4.69, 9.17) is 9.72 Å². The molecular weight excluding hydrogens is 384 g/mol. The van der Waals surface area contributed by atoms with Gasteiger partial charge in [-0.05, 0) is 31.5 Å². The van der Waals surface area contributed by atoms with Crippen LogP contribution in [0.1, 0.15) is 29.8 Å². The van der Waals surface area contributed by atoms with Gasteiger partial charge in [0.15, 0.2) is 0 Å². The second-order valence-electron chi connectivity index (χ2n) is 7.77. The maximum Gasteiger partial charge on any atom is 0.254 e. The number of fused-ring (bicyclic) bond motifs is 1. The van der Waals surface area contributed by atoms with Crippen molar-refractivity contribution >= 4 is 16.8 Å². The first-order chi connectivity index (χ1) is 15.1. The van der Waals surface area contributed by atoms with Crippen molar-refractivity contribution in [3.63, 3.8) is 0 Å². The monoisotopic (exact) mass is 410 g/mol. The van der Waals surface area contributed by atoms with Gasteiger partial charge in [0.25, 0.3) is 5.91 Å². The zero-order valence-electron chi connectivity index (χ0n) is 17.8. The predicted octanol–water partition coefficient (Wildman–Crippen LogP) is 5.63. The van der Waals surface area contributed by atoms with Crippen LogP contribution >= 0.6 is 0 Å². The molecule has 4 nitrogen and oxygen atoms in total. The molecule has 1 aromatic heterocycles. The highest BCUT2D eigenvalue weighted by molar-refractivity contribution is 6.07. The number of pyridine rings is 1. The molecule has 0 aliphatic carbocycles. The minimum Gasteiger partial charge on any atom is -0.355 e. The molecule has 0 spiro atoms. The van der Waals surface area contributed by atoms with E-state index < -0.39 is 6.23 Å². The van der Waals surface area contributed by atoms with Crippen LogP contribution in [0.5, 0.6) is 0 Å². The van der Waals surface area contributed by atoms with Crippen LogP contribution < -0.4 is 5.32 Å². The Morgan fingerprint density at radius 1 is 0.903 bits per heavy atom. The molecule has 1 N–H and O–H groups in total. The van der Waals surface area contributed by atoms with Crippen molar-refractivity contribution in [2.24, 2.45) is 0 Å². The van der Waals surface area contributed by atoms with Gasteiger partial charge >= 0.3 is 0 Å². The number of nitrogens with one attached hydrogen (secondary N) is 1. The molecule has 3 aromatic carbocycles. The summed E-state index contributed by atoms with van der Waals surface area (Å²) in [4.78, 5) is 18.2. The number of amides is 1. The maximum atomic E-state index is 13.4. The molecule has 1 unspecified atom stereocenters. The van der Waals surface area contributed by atoms with Gasteiger partial charge in [-0.3, -0.25) is 4.79 Å². The molecule has 0 aliphatic heterocycles. The lowest BCUT2D eigenvalue weighted by molar-refractivity contribution is -0.00850. The third-order valence-electron chi connectivity index (χ3n) is 5.02. The van der Waals surface area contributed by atoms with E-state index >= 15 is 0 Å². The lowest BCUT2D eigenvalue weighted by Crippen LogP contribution is -2.40. The Labute approximate surface area is 182 Å². The molecule has 0 aliphatic rings. The smallest absolute Gasteiger partial charge is 0.254 e. The zero-order valence-corrected chi connectivity index (χ0v) is 17.8. The van der Waals surface area contributed by atoms with E-state index in [1.54, 1.807) is 0 Å². The van der Waals surface area contributed by atoms with Crippen LogP contribution in [0.3, 0.4) is 0 Å². The number of aromatic nitrogens is 1. The van der Waals surface area contributed by atoms with Crippen LogP contribution in [-0.2, 0) is 11.2 Å². The van der Waals surface area contributed by atoms with E-state index in [1.807, 2.05) is 105 Å². The second-order valence-corrected chi connectivity index (χ2v) is 7.77. The minimum absolute atomic E-state index is 0.0110. The Hall–Kier alpha value is -3.50. The fourth-order valence-corrected chi connectivity index (χ4v) is 3.63. The molecule has 31 heavy (non-hydrogen) atoms. The summed E-state index contributed by atoms with van der Waals surface area (Å²) in [6.07, 6.45) is 0.157. The summed E-state index contributed by atoms with van der Waals surface area (Å²) in [6.45, 7) is 3.94. The highest BCUT2D eigenvalue weighted by atomic mass is 16.5. The zero-order chi connectivity index (χ0) is 21.6. The Kier molecular flexibility index (Phi) is 6.39. The number of benzene rings is 3. The lowest BCUT2D eigenvalue weighted by Gasteiger charge is -2.22. The van der Waals surface area contributed by atoms with Gasteiger partial charge in [-0.1, -0.05) is 78.9 Å². The van der Waals surface area contributed by atoms with Crippen molar-refractivity contribution < 1.29 is 9.53 Å². The summed E-state index contributed by atoms with van der Waals surface area (Å²) < 4.78 is 6.03. The van der Waals surface area contributed by atoms with E-state index in [0.29, 0.717) is 12.0 Å². The average molecular weight is 411 g/mol. The number of para-hydroxylation sites is 1. The minimum atomic E-state index is -0.429. The van der Waals surface area contributed by atoms with Crippen molar-refractivity contribution in [2.75, 3.05) is 0 Å². The molecule has 156 valence electrons. The van der Waals surface area contributed by atoms with E-state index in [-0.39, 0.29) is 12.0 Å². The molecule has 1 amide bonds. The van der Waals surface area contributed by atoms with Gasteiger partial charge in [-0.25, -0.2) is 4.98 Å². The summed E-state index contributed by atoms with van der Waals surface area (Å²) >= 11 is 0. The summed E-state index contributed by atoms with van der Waals surface area (Å²) in [7, 11) is 0. The second kappa shape index (κ2) is 9.54. The first-order valence-corrected chi connectivity index (χ1v) is 10.6. The quantitative estimate of drug-likeness (QED) is 0.402. The lowest BCUT2D eigenvalue weighted by atomic mass is 10.0. The molecule has 0 saturated carbocycles. The van der Waals surface area contributed by atoms with Crippen LogP contribution in [-0.4, -0.2) is 23.2 Å². The molecule has 0 fully saturated rings. The molecule has 1 atom stereocenters. The van der Waals surface area contributed by atoms with Crippen LogP contribution in [0, 0.1) is 0 Å². The van der Waals surface area contributed by atoms with Gasteiger partial charge in [0, 0.05) is 17.4 Å². The van der Waals surface area contributed by atoms with Gasteiger partial charge in [0.05, 0.1) is 22.9 Å². The van der Waals surface area contributed by atoms with Crippen molar-refractivity contribution in [2.45, 2.75) is 32.6 Å². The van der Waals surface area contributed by atoms with E-state index in [2.05, 4.69) is 5.32 Å². The Morgan fingerprint density at radius 3 is 2.26 bits per heavy atom. The number of ether oxygens (including phenoxy) is 1. The predicted molar refractivity (Wildman–Crippen MR) is 125 cm³/mol. The summed E-state index contributed by atoms with van der Waals surface area (Å²) in [5.41, 5.74) is 4.24. The van der Waals surface area contributed by atoms with Gasteiger partial charge in [0.2, 0.25) is 0 Å². The fraction of sp³-hybridized carbons (Fsp3) is 0.185. The molecule has 4 heteroatoms. The first-order valence-electron chi connectivity index (χ1n) is 10.6. The molecule has 4 rings (SSSR count). The number of carbonyl (C=O) groups excluding carboxylic acids is 1. The number of nitrogens with zero attached hydrogens (tertiary/aromatic N) is 1. The Balaban J connectivity index is 1.68. The van der Waals surface area contributed by atoms with Crippen LogP contribution in [0.4, 0.5) is 0 Å². The van der Waals surface area contributed by atoms with Crippen LogP contribution in [0.2, 0.25) is 0 Å². The normalized spacial score (nSPS) is 12.1. The number of carbonyl (C=O) groups is 1. The molecule has 0 radical (unpaired) electrons. The summed E-state index contributed by atoms with van der Waals surface area (Å²) in [6, 6.07) is 29.5. The van der Waals surface area contributed by atoms with Crippen molar-refractivity contribution in [1.29, 1.82) is 0 Å². The maximum absolute atomic E-state index is 13.4. The number of hydrogen-bond acceptors (Lipinski definition) is 3. The van der Waals surface area contributed by atoms with Crippen molar-refractivity contribution in [1.82, 2.24) is 10.3 Å². The number of hydrogen-bond donors (Lipinski definition) is 1. The third-order valence-corrected chi connectivity index (χ3v) is 5.02. The Morgan fingerprint density at radius 2 is 1.55 bits per heavy atom. The average Bonchev–Trinajstić information content (AvgIpc) is 2.79. The van der Waals surface area contributed by atoms with Gasteiger partial charge in [-0.15, -0.1) is 0 Å². The molecule has 0 bridgehead atoms. The first kappa shape index (κ1) is 20.8.